The number of hydrogen-bond donors (Lipinski definition) is 2. The van der Waals surface area contributed by atoms with Crippen molar-refractivity contribution in [2.24, 2.45) is 0 Å². The number of rotatable bonds is 10. The van der Waals surface area contributed by atoms with E-state index in [1.165, 1.54) is 6.07 Å². The molecule has 3 aromatic rings. The summed E-state index contributed by atoms with van der Waals surface area (Å²) in [5.41, 5.74) is 2.13. The van der Waals surface area contributed by atoms with Gasteiger partial charge in [-0.1, -0.05) is 24.3 Å². The number of aromatic nitrogens is 1. The Morgan fingerprint density at radius 3 is 2.77 bits per heavy atom. The molecule has 8 heteroatoms. The smallest absolute Gasteiger partial charge is 0.169 e. The largest absolute Gasteiger partial charge is 0.492 e. The number of benzene rings is 2. The van der Waals surface area contributed by atoms with Gasteiger partial charge in [-0.25, -0.2) is 8.78 Å². The number of aromatic amines is 1. The zero-order valence-corrected chi connectivity index (χ0v) is 20.0. The molecule has 2 atom stereocenters. The van der Waals surface area contributed by atoms with Gasteiger partial charge in [0.2, 0.25) is 0 Å². The van der Waals surface area contributed by atoms with Gasteiger partial charge in [0.15, 0.2) is 5.67 Å². The summed E-state index contributed by atoms with van der Waals surface area (Å²) >= 11 is 0. The second-order valence-electron chi connectivity index (χ2n) is 9.66. The molecule has 2 aromatic carbocycles. The molecule has 35 heavy (non-hydrogen) atoms. The number of para-hydroxylation sites is 1. The highest BCUT2D eigenvalue weighted by Crippen LogP contribution is 2.43. The monoisotopic (exact) mass is 487 g/mol. The summed E-state index contributed by atoms with van der Waals surface area (Å²) < 4.78 is 53.8. The molecule has 0 radical (unpaired) electrons. The van der Waals surface area contributed by atoms with Crippen LogP contribution in [-0.4, -0.2) is 67.7 Å². The quantitative estimate of drug-likeness (QED) is 0.407. The molecule has 1 aromatic heterocycles. The predicted molar refractivity (Wildman–Crippen MR) is 130 cm³/mol. The van der Waals surface area contributed by atoms with Crippen LogP contribution in [-0.2, 0) is 11.2 Å². The highest BCUT2D eigenvalue weighted by atomic mass is 19.1. The second kappa shape index (κ2) is 10.2. The van der Waals surface area contributed by atoms with Crippen molar-refractivity contribution in [1.82, 2.24) is 15.2 Å². The predicted octanol–water partition coefficient (Wildman–Crippen LogP) is 4.71. The highest BCUT2D eigenvalue weighted by molar-refractivity contribution is 5.85. The summed E-state index contributed by atoms with van der Waals surface area (Å²) in [5.74, 6) is 0.0412. The van der Waals surface area contributed by atoms with Crippen LogP contribution in [0, 0.1) is 5.82 Å². The highest BCUT2D eigenvalue weighted by Gasteiger charge is 2.46. The summed E-state index contributed by atoms with van der Waals surface area (Å²) in [4.78, 5) is 5.57. The Labute approximate surface area is 203 Å². The maximum atomic E-state index is 15.6. The number of fused-ring (bicyclic) bond motifs is 3. The first kappa shape index (κ1) is 24.2. The SMILES string of the molecule is C[C@@H]1Cc2c([nH]c3ccccc23)[C@@H](c2ccc(OCCNCCCF)cc2F)N1CC1(F)COC1. The molecule has 3 heterocycles. The molecular formula is C27H32F3N3O2. The van der Waals surface area contributed by atoms with Gasteiger partial charge in [0.25, 0.3) is 0 Å². The van der Waals surface area contributed by atoms with Crippen LogP contribution in [0.15, 0.2) is 42.5 Å². The minimum Gasteiger partial charge on any atom is -0.492 e. The fourth-order valence-electron chi connectivity index (χ4n) is 5.21. The van der Waals surface area contributed by atoms with Gasteiger partial charge in [-0.2, -0.15) is 0 Å². The van der Waals surface area contributed by atoms with Gasteiger partial charge >= 0.3 is 0 Å². The van der Waals surface area contributed by atoms with E-state index in [9.17, 15) is 4.39 Å². The van der Waals surface area contributed by atoms with Crippen molar-refractivity contribution in [1.29, 1.82) is 0 Å². The summed E-state index contributed by atoms with van der Waals surface area (Å²) in [6.45, 7) is 3.52. The van der Waals surface area contributed by atoms with Crippen LogP contribution >= 0.6 is 0 Å². The Hall–Kier alpha value is -2.55. The van der Waals surface area contributed by atoms with Crippen molar-refractivity contribution in [3.05, 3.63) is 65.1 Å². The lowest BCUT2D eigenvalue weighted by Crippen LogP contribution is -2.57. The van der Waals surface area contributed by atoms with Gasteiger partial charge < -0.3 is 19.8 Å². The van der Waals surface area contributed by atoms with E-state index in [-0.39, 0.29) is 38.3 Å². The van der Waals surface area contributed by atoms with Crippen LogP contribution in [0.4, 0.5) is 13.2 Å². The Bertz CT molecular complexity index is 1160. The minimum atomic E-state index is -1.43. The van der Waals surface area contributed by atoms with Crippen molar-refractivity contribution in [3.63, 3.8) is 0 Å². The van der Waals surface area contributed by atoms with Crippen molar-refractivity contribution < 1.29 is 22.6 Å². The number of H-pyrrole nitrogens is 1. The lowest BCUT2D eigenvalue weighted by atomic mass is 9.87. The lowest BCUT2D eigenvalue weighted by Gasteiger charge is -2.46. The molecular weight excluding hydrogens is 455 g/mol. The topological polar surface area (TPSA) is 49.5 Å². The van der Waals surface area contributed by atoms with E-state index in [2.05, 4.69) is 28.2 Å². The van der Waals surface area contributed by atoms with Gasteiger partial charge in [-0.15, -0.1) is 0 Å². The van der Waals surface area contributed by atoms with Crippen molar-refractivity contribution in [3.8, 4) is 5.75 Å². The number of halogens is 3. The Kier molecular flexibility index (Phi) is 7.05. The first-order valence-electron chi connectivity index (χ1n) is 12.3. The van der Waals surface area contributed by atoms with E-state index in [1.54, 1.807) is 12.1 Å². The maximum Gasteiger partial charge on any atom is 0.169 e. The summed E-state index contributed by atoms with van der Waals surface area (Å²) in [7, 11) is 0. The lowest BCUT2D eigenvalue weighted by molar-refractivity contribution is -0.148. The molecule has 188 valence electrons. The fraction of sp³-hybridized carbons (Fsp3) is 0.481. The molecule has 1 fully saturated rings. The molecule has 1 saturated heterocycles. The first-order chi connectivity index (χ1) is 17.0. The Balaban J connectivity index is 1.44. The maximum absolute atomic E-state index is 15.6. The molecule has 2 aliphatic heterocycles. The van der Waals surface area contributed by atoms with Crippen LogP contribution in [0.25, 0.3) is 10.9 Å². The molecule has 0 aliphatic carbocycles. The summed E-state index contributed by atoms with van der Waals surface area (Å²) in [6, 6.07) is 12.5. The van der Waals surface area contributed by atoms with E-state index in [4.69, 9.17) is 9.47 Å². The van der Waals surface area contributed by atoms with Crippen molar-refractivity contribution >= 4 is 10.9 Å². The molecule has 2 N–H and O–H groups in total. The Morgan fingerprint density at radius 1 is 1.20 bits per heavy atom. The van der Waals surface area contributed by atoms with Crippen molar-refractivity contribution in [2.75, 3.05) is 46.1 Å². The van der Waals surface area contributed by atoms with Gasteiger partial charge in [0, 0.05) is 47.4 Å². The van der Waals surface area contributed by atoms with Gasteiger partial charge in [-0.05, 0) is 44.0 Å². The second-order valence-corrected chi connectivity index (χ2v) is 9.66. The summed E-state index contributed by atoms with van der Waals surface area (Å²) in [6.07, 6.45) is 1.21. The third-order valence-corrected chi connectivity index (χ3v) is 7.01. The van der Waals surface area contributed by atoms with Gasteiger partial charge in [0.05, 0.1) is 25.9 Å². The number of hydrogen-bond acceptors (Lipinski definition) is 4. The first-order valence-corrected chi connectivity index (χ1v) is 12.3. The molecule has 5 nitrogen and oxygen atoms in total. The Morgan fingerprint density at radius 2 is 2.03 bits per heavy atom. The van der Waals surface area contributed by atoms with E-state index >= 15 is 8.78 Å². The van der Waals surface area contributed by atoms with Crippen LogP contribution in [0.3, 0.4) is 0 Å². The van der Waals surface area contributed by atoms with Crippen molar-refractivity contribution in [2.45, 2.75) is 37.5 Å². The average molecular weight is 488 g/mol. The van der Waals surface area contributed by atoms with Gasteiger partial charge in [0.1, 0.15) is 18.2 Å². The van der Waals surface area contributed by atoms with Gasteiger partial charge in [-0.3, -0.25) is 9.29 Å². The number of nitrogens with zero attached hydrogens (tertiary/aromatic N) is 1. The molecule has 0 saturated carbocycles. The zero-order chi connectivity index (χ0) is 24.4. The third kappa shape index (κ3) is 4.92. The van der Waals surface area contributed by atoms with Crippen LogP contribution < -0.4 is 10.1 Å². The number of nitrogens with one attached hydrogen (secondary N) is 2. The normalized spacial score (nSPS) is 21.6. The standard InChI is InChI=1S/C27H32F3N3O2/c1-18-13-22-20-5-2-3-6-24(20)32-25(22)26(33(18)15-27(30)16-34-17-27)21-8-7-19(14-23(21)29)35-12-11-31-10-4-9-28/h2-3,5-8,14,18,26,31-32H,4,9-13,15-17H2,1H3/t18-,26-/m1/s1. The summed E-state index contributed by atoms with van der Waals surface area (Å²) in [5, 5.41) is 4.21. The number of ether oxygens (including phenoxy) is 2. The van der Waals surface area contributed by atoms with Crippen LogP contribution in [0.5, 0.6) is 5.75 Å². The molecule has 0 spiro atoms. The molecule has 0 amide bonds. The van der Waals surface area contributed by atoms with E-state index < -0.39 is 11.7 Å². The molecule has 5 rings (SSSR count). The van der Waals surface area contributed by atoms with E-state index in [0.717, 1.165) is 28.6 Å². The number of alkyl halides is 2. The molecule has 2 aliphatic rings. The minimum absolute atomic E-state index is 0.0191. The average Bonchev–Trinajstić information content (AvgIpc) is 3.19. The van der Waals surface area contributed by atoms with E-state index in [1.807, 2.05) is 18.2 Å². The molecule has 0 bridgehead atoms. The van der Waals surface area contributed by atoms with E-state index in [0.29, 0.717) is 37.4 Å². The molecule has 0 unspecified atom stereocenters. The fourth-order valence-corrected chi connectivity index (χ4v) is 5.21. The van der Waals surface area contributed by atoms with Crippen LogP contribution in [0.2, 0.25) is 0 Å². The third-order valence-electron chi connectivity index (χ3n) is 7.01. The van der Waals surface area contributed by atoms with Crippen LogP contribution in [0.1, 0.15) is 36.2 Å². The zero-order valence-electron chi connectivity index (χ0n) is 20.0.